The van der Waals surface area contributed by atoms with Gasteiger partial charge < -0.3 is 4.90 Å². The topological polar surface area (TPSA) is 20.3 Å². The van der Waals surface area contributed by atoms with Gasteiger partial charge in [-0.15, -0.1) is 0 Å². The van der Waals surface area contributed by atoms with E-state index in [2.05, 4.69) is 15.9 Å². The molecular weight excluding hydrogens is 242 g/mol. The molecule has 76 valence electrons. The highest BCUT2D eigenvalue weighted by Crippen LogP contribution is 2.18. The summed E-state index contributed by atoms with van der Waals surface area (Å²) >= 11 is 3.39. The number of rotatable bonds is 4. The minimum absolute atomic E-state index is 0.193. The van der Waals surface area contributed by atoms with Crippen LogP contribution in [0.15, 0.2) is 24.3 Å². The van der Waals surface area contributed by atoms with Crippen LogP contribution in [0, 0.1) is 0 Å². The van der Waals surface area contributed by atoms with Crippen molar-refractivity contribution in [3.63, 3.8) is 0 Å². The molecule has 0 heterocycles. The number of carbonyl (C=O) groups is 1. The maximum absolute atomic E-state index is 10.9. The Balaban J connectivity index is 2.98. The lowest BCUT2D eigenvalue weighted by molar-refractivity contribution is -0.107. The predicted molar refractivity (Wildman–Crippen MR) is 62.8 cm³/mol. The van der Waals surface area contributed by atoms with E-state index in [4.69, 9.17) is 0 Å². The number of hydrogen-bond donors (Lipinski definition) is 0. The molecule has 1 rings (SSSR count). The van der Waals surface area contributed by atoms with Gasteiger partial charge >= 0.3 is 0 Å². The van der Waals surface area contributed by atoms with E-state index < -0.39 is 0 Å². The summed E-state index contributed by atoms with van der Waals surface area (Å²) in [5, 5.41) is 0.811. The summed E-state index contributed by atoms with van der Waals surface area (Å²) in [5.74, 6) is 0. The first-order chi connectivity index (χ1) is 6.69. The summed E-state index contributed by atoms with van der Waals surface area (Å²) < 4.78 is 0. The number of hydrogen-bond acceptors (Lipinski definition) is 1. The van der Waals surface area contributed by atoms with Crippen LogP contribution in [0.2, 0.25) is 0 Å². The second kappa shape index (κ2) is 5.15. The number of anilines is 1. The highest BCUT2D eigenvalue weighted by molar-refractivity contribution is 9.08. The first-order valence-corrected chi connectivity index (χ1v) is 5.69. The third-order valence-electron chi connectivity index (χ3n) is 2.03. The normalized spacial score (nSPS) is 10.3. The summed E-state index contributed by atoms with van der Waals surface area (Å²) in [6.07, 6.45) is 0.873. The fraction of sp³-hybridized carbons (Fsp3) is 0.364. The van der Waals surface area contributed by atoms with Crippen LogP contribution >= 0.6 is 15.9 Å². The molecule has 2 nitrogen and oxygen atoms in total. The Kier molecular flexibility index (Phi) is 4.14. The highest BCUT2D eigenvalue weighted by atomic mass is 79.9. The highest BCUT2D eigenvalue weighted by Gasteiger charge is 2.08. The Hall–Kier alpha value is -0.830. The molecule has 0 unspecified atom stereocenters. The molecule has 0 radical (unpaired) electrons. The van der Waals surface area contributed by atoms with E-state index in [1.165, 1.54) is 5.56 Å². The van der Waals surface area contributed by atoms with E-state index in [9.17, 15) is 4.79 Å². The Morgan fingerprint density at radius 1 is 1.50 bits per heavy atom. The van der Waals surface area contributed by atoms with Crippen LogP contribution in [0.1, 0.15) is 19.4 Å². The van der Waals surface area contributed by atoms with Crippen molar-refractivity contribution in [2.75, 3.05) is 4.90 Å². The molecule has 0 saturated heterocycles. The summed E-state index contributed by atoms with van der Waals surface area (Å²) in [5.41, 5.74) is 2.13. The monoisotopic (exact) mass is 255 g/mol. The van der Waals surface area contributed by atoms with Gasteiger partial charge in [-0.25, -0.2) is 0 Å². The van der Waals surface area contributed by atoms with E-state index in [-0.39, 0.29) is 6.04 Å². The van der Waals surface area contributed by atoms with Crippen LogP contribution in [0.25, 0.3) is 0 Å². The SMILES string of the molecule is CC(C)N(C=O)c1cccc(CBr)c1. The van der Waals surface area contributed by atoms with Crippen molar-refractivity contribution in [2.45, 2.75) is 25.2 Å². The van der Waals surface area contributed by atoms with E-state index >= 15 is 0 Å². The minimum atomic E-state index is 0.193. The number of carbonyl (C=O) groups excluding carboxylic acids is 1. The van der Waals surface area contributed by atoms with Crippen molar-refractivity contribution in [2.24, 2.45) is 0 Å². The summed E-state index contributed by atoms with van der Waals surface area (Å²) in [6, 6.07) is 8.15. The zero-order valence-corrected chi connectivity index (χ0v) is 9.99. The number of alkyl halides is 1. The Morgan fingerprint density at radius 3 is 2.71 bits per heavy atom. The Bertz CT molecular complexity index is 312. The van der Waals surface area contributed by atoms with Crippen LogP contribution in [-0.2, 0) is 10.1 Å². The number of halogens is 1. The lowest BCUT2D eigenvalue weighted by atomic mass is 10.2. The van der Waals surface area contributed by atoms with Gasteiger partial charge in [-0.2, -0.15) is 0 Å². The molecule has 0 atom stereocenters. The Labute approximate surface area is 93.0 Å². The average Bonchev–Trinajstić information content (AvgIpc) is 2.19. The van der Waals surface area contributed by atoms with Crippen molar-refractivity contribution in [3.05, 3.63) is 29.8 Å². The van der Waals surface area contributed by atoms with Gasteiger partial charge in [0.15, 0.2) is 0 Å². The third-order valence-corrected chi connectivity index (χ3v) is 2.68. The van der Waals surface area contributed by atoms with Gasteiger partial charge in [0, 0.05) is 17.1 Å². The molecule has 3 heteroatoms. The third kappa shape index (κ3) is 2.58. The first-order valence-electron chi connectivity index (χ1n) is 4.57. The van der Waals surface area contributed by atoms with Crippen LogP contribution in [0.4, 0.5) is 5.69 Å². The van der Waals surface area contributed by atoms with Crippen molar-refractivity contribution in [3.8, 4) is 0 Å². The molecule has 0 spiro atoms. The summed E-state index contributed by atoms with van der Waals surface area (Å²) in [7, 11) is 0. The van der Waals surface area contributed by atoms with Crippen molar-refractivity contribution in [1.82, 2.24) is 0 Å². The second-order valence-electron chi connectivity index (χ2n) is 3.41. The fourth-order valence-electron chi connectivity index (χ4n) is 1.28. The van der Waals surface area contributed by atoms with Gasteiger partial charge in [0.1, 0.15) is 0 Å². The number of amides is 1. The first kappa shape index (κ1) is 11.2. The minimum Gasteiger partial charge on any atom is -0.312 e. The number of benzene rings is 1. The molecule has 0 N–H and O–H groups in total. The molecule has 0 saturated carbocycles. The lowest BCUT2D eigenvalue weighted by Gasteiger charge is -2.22. The summed E-state index contributed by atoms with van der Waals surface area (Å²) in [6.45, 7) is 3.99. The van der Waals surface area contributed by atoms with Gasteiger partial charge in [-0.3, -0.25) is 4.79 Å². The quantitative estimate of drug-likeness (QED) is 0.599. The molecule has 0 aliphatic rings. The van der Waals surface area contributed by atoms with Crippen molar-refractivity contribution >= 4 is 28.0 Å². The molecule has 1 aromatic rings. The van der Waals surface area contributed by atoms with Crippen molar-refractivity contribution in [1.29, 1.82) is 0 Å². The van der Waals surface area contributed by atoms with E-state index in [1.54, 1.807) is 4.90 Å². The number of nitrogens with zero attached hydrogens (tertiary/aromatic N) is 1. The zero-order valence-electron chi connectivity index (χ0n) is 8.40. The molecule has 1 amide bonds. The second-order valence-corrected chi connectivity index (χ2v) is 3.97. The van der Waals surface area contributed by atoms with Crippen LogP contribution in [0.3, 0.4) is 0 Å². The lowest BCUT2D eigenvalue weighted by Crippen LogP contribution is -2.28. The average molecular weight is 256 g/mol. The van der Waals surface area contributed by atoms with Gasteiger partial charge in [0.2, 0.25) is 6.41 Å². The van der Waals surface area contributed by atoms with E-state index in [0.717, 1.165) is 17.4 Å². The van der Waals surface area contributed by atoms with Gasteiger partial charge in [-0.1, -0.05) is 28.1 Å². The van der Waals surface area contributed by atoms with Crippen LogP contribution in [-0.4, -0.2) is 12.5 Å². The van der Waals surface area contributed by atoms with Gasteiger partial charge in [0.25, 0.3) is 0 Å². The smallest absolute Gasteiger partial charge is 0.214 e. The maximum atomic E-state index is 10.9. The zero-order chi connectivity index (χ0) is 10.6. The molecular formula is C11H14BrNO. The maximum Gasteiger partial charge on any atom is 0.214 e. The molecule has 0 fully saturated rings. The van der Waals surface area contributed by atoms with Gasteiger partial charge in [-0.05, 0) is 31.5 Å². The molecule has 0 aliphatic heterocycles. The van der Waals surface area contributed by atoms with Gasteiger partial charge in [0.05, 0.1) is 0 Å². The van der Waals surface area contributed by atoms with Crippen molar-refractivity contribution < 1.29 is 4.79 Å². The largest absolute Gasteiger partial charge is 0.312 e. The van der Waals surface area contributed by atoms with E-state index in [0.29, 0.717) is 0 Å². The molecule has 0 bridgehead atoms. The van der Waals surface area contributed by atoms with Crippen LogP contribution in [0.5, 0.6) is 0 Å². The molecule has 14 heavy (non-hydrogen) atoms. The predicted octanol–water partition coefficient (Wildman–Crippen LogP) is 2.95. The molecule has 0 aliphatic carbocycles. The van der Waals surface area contributed by atoms with E-state index in [1.807, 2.05) is 38.1 Å². The summed E-state index contributed by atoms with van der Waals surface area (Å²) in [4.78, 5) is 12.6. The standard InChI is InChI=1S/C11H14BrNO/c1-9(2)13(8-14)11-5-3-4-10(6-11)7-12/h3-6,8-9H,7H2,1-2H3. The molecule has 1 aromatic carbocycles. The van der Waals surface area contributed by atoms with Crippen LogP contribution < -0.4 is 4.90 Å². The fourth-order valence-corrected chi connectivity index (χ4v) is 1.63. The Morgan fingerprint density at radius 2 is 2.21 bits per heavy atom. The molecule has 0 aromatic heterocycles.